The quantitative estimate of drug-likeness (QED) is 0.264. The van der Waals surface area contributed by atoms with Crippen molar-refractivity contribution >= 4 is 41.4 Å². The highest BCUT2D eigenvalue weighted by molar-refractivity contribution is 7.71. The summed E-state index contributed by atoms with van der Waals surface area (Å²) in [5.41, 5.74) is 5.92. The normalized spacial score (nSPS) is 27.2. The van der Waals surface area contributed by atoms with Crippen molar-refractivity contribution in [3.8, 4) is 0 Å². The van der Waals surface area contributed by atoms with Crippen LogP contribution in [0.5, 0.6) is 0 Å². The van der Waals surface area contributed by atoms with Crippen molar-refractivity contribution in [2.45, 2.75) is 24.9 Å². The molecule has 3 unspecified atom stereocenters. The lowest BCUT2D eigenvalue weighted by molar-refractivity contribution is -0.0373. The smallest absolute Gasteiger partial charge is 0.399 e. The first-order valence-corrected chi connectivity index (χ1v) is 12.2. The van der Waals surface area contributed by atoms with Gasteiger partial charge in [-0.2, -0.15) is 8.62 Å². The highest BCUT2D eigenvalue weighted by Crippen LogP contribution is 2.66. The zero-order chi connectivity index (χ0) is 21.3. The summed E-state index contributed by atoms with van der Waals surface area (Å²) in [6.07, 6.45) is -2.66. The van der Waals surface area contributed by atoms with Gasteiger partial charge in [0.1, 0.15) is 10.8 Å². The minimum Gasteiger partial charge on any atom is -0.399 e. The third-order valence-corrected chi connectivity index (χ3v) is 7.35. The molecule has 2 heterocycles. The van der Waals surface area contributed by atoms with E-state index in [-0.39, 0.29) is 11.1 Å². The maximum Gasteiger partial charge on any atom is 0.490 e. The molecule has 0 amide bonds. The Kier molecular flexibility index (Phi) is 7.36. The number of aromatic nitrogens is 1. The van der Waals surface area contributed by atoms with E-state index in [0.29, 0.717) is 5.69 Å². The Bertz CT molecular complexity index is 922. The number of phosphoric acid groups is 3. The summed E-state index contributed by atoms with van der Waals surface area (Å²) >= 11 is 5.06. The maximum absolute atomic E-state index is 14.2. The first-order chi connectivity index (χ1) is 12.7. The Morgan fingerprint density at radius 2 is 1.89 bits per heavy atom. The molecule has 28 heavy (non-hydrogen) atoms. The first-order valence-electron chi connectivity index (χ1n) is 7.23. The van der Waals surface area contributed by atoms with Crippen molar-refractivity contribution in [1.82, 2.24) is 4.57 Å². The third-order valence-electron chi connectivity index (χ3n) is 3.22. The summed E-state index contributed by atoms with van der Waals surface area (Å²) in [5, 5.41) is 0. The molecule has 6 N–H and O–H groups in total. The van der Waals surface area contributed by atoms with Crippen molar-refractivity contribution in [2.75, 3.05) is 12.3 Å². The van der Waals surface area contributed by atoms with Crippen molar-refractivity contribution in [2.24, 2.45) is 0 Å². The number of alkyl halides is 1. The molecule has 0 aromatic carbocycles. The van der Waals surface area contributed by atoms with Crippen LogP contribution < -0.4 is 5.73 Å². The molecule has 0 spiro atoms. The second-order valence-corrected chi connectivity index (χ2v) is 10.3. The van der Waals surface area contributed by atoms with Gasteiger partial charge in [0.2, 0.25) is 0 Å². The van der Waals surface area contributed by atoms with Gasteiger partial charge >= 0.3 is 23.5 Å². The van der Waals surface area contributed by atoms with Gasteiger partial charge in [-0.05, 0) is 12.1 Å². The van der Waals surface area contributed by atoms with Crippen LogP contribution in [0.4, 0.5) is 10.1 Å². The van der Waals surface area contributed by atoms with Gasteiger partial charge in [0, 0.05) is 18.3 Å². The zero-order valence-electron chi connectivity index (χ0n) is 13.7. The molecule has 160 valence electrons. The summed E-state index contributed by atoms with van der Waals surface area (Å²) in [4.78, 5) is 35.3. The molecular weight excluding hydrogens is 468 g/mol. The van der Waals surface area contributed by atoms with E-state index in [1.807, 2.05) is 0 Å². The lowest BCUT2D eigenvalue weighted by atomic mass is 10.2. The number of hydrogen-bond acceptors (Lipinski definition) is 9. The monoisotopic (exact) mass is 484 g/mol. The molecular formula is C10H16FN2O11P3S. The Hall–Kier alpha value is -0.530. The summed E-state index contributed by atoms with van der Waals surface area (Å²) < 4.78 is 66.1. The lowest BCUT2D eigenvalue weighted by Gasteiger charge is -2.19. The van der Waals surface area contributed by atoms with Crippen LogP contribution in [0.2, 0.25) is 0 Å². The average Bonchev–Trinajstić information content (AvgIpc) is 2.82. The molecule has 0 radical (unpaired) electrons. The van der Waals surface area contributed by atoms with Gasteiger partial charge in [0.05, 0.1) is 12.7 Å². The van der Waals surface area contributed by atoms with E-state index in [2.05, 4.69) is 13.1 Å². The molecule has 1 saturated heterocycles. The molecule has 1 aliphatic heterocycles. The van der Waals surface area contributed by atoms with E-state index >= 15 is 0 Å². The van der Waals surface area contributed by atoms with Crippen LogP contribution in [0.25, 0.3) is 0 Å². The number of nitrogens with zero attached hydrogens (tertiary/aromatic N) is 1. The largest absolute Gasteiger partial charge is 0.490 e. The second kappa shape index (κ2) is 8.68. The number of pyridine rings is 1. The highest BCUT2D eigenvalue weighted by Gasteiger charge is 2.42. The molecule has 1 aromatic rings. The SMILES string of the molecule is Nc1ccn([C@@H]2O[C@H](COP(=O)(O)OP(=O)(O)OP(=O)(O)O)CC2F)c(=S)c1. The number of nitrogen functional groups attached to an aromatic ring is 1. The highest BCUT2D eigenvalue weighted by atomic mass is 32.1. The van der Waals surface area contributed by atoms with E-state index < -0.39 is 48.6 Å². The molecule has 5 atom stereocenters. The second-order valence-electron chi connectivity index (χ2n) is 5.49. The Balaban J connectivity index is 1.97. The molecule has 0 bridgehead atoms. The van der Waals surface area contributed by atoms with E-state index in [0.717, 1.165) is 0 Å². The number of nitrogens with two attached hydrogens (primary N) is 1. The van der Waals surface area contributed by atoms with Crippen LogP contribution in [0, 0.1) is 4.64 Å². The van der Waals surface area contributed by atoms with Crippen LogP contribution in [0.1, 0.15) is 12.6 Å². The topological polar surface area (TPSA) is 200 Å². The molecule has 1 aromatic heterocycles. The first kappa shape index (κ1) is 23.7. The molecule has 13 nitrogen and oxygen atoms in total. The van der Waals surface area contributed by atoms with Crippen molar-refractivity contribution < 1.29 is 55.5 Å². The fraction of sp³-hybridized carbons (Fsp3) is 0.500. The molecule has 2 rings (SSSR count). The van der Waals surface area contributed by atoms with Gasteiger partial charge < -0.3 is 34.6 Å². The number of anilines is 1. The lowest BCUT2D eigenvalue weighted by Crippen LogP contribution is -2.18. The minimum absolute atomic E-state index is 0.182. The predicted octanol–water partition coefficient (Wildman–Crippen LogP) is 1.77. The third kappa shape index (κ3) is 7.06. The number of rotatable bonds is 8. The fourth-order valence-corrected chi connectivity index (χ4v) is 5.60. The molecule has 0 aliphatic carbocycles. The fourth-order valence-electron chi connectivity index (χ4n) is 2.25. The van der Waals surface area contributed by atoms with Gasteiger partial charge in [0.15, 0.2) is 6.23 Å². The molecule has 0 saturated carbocycles. The summed E-state index contributed by atoms with van der Waals surface area (Å²) in [7, 11) is -16.4. The van der Waals surface area contributed by atoms with Crippen LogP contribution in [-0.2, 0) is 31.6 Å². The Morgan fingerprint density at radius 3 is 2.46 bits per heavy atom. The number of phosphoric ester groups is 1. The van der Waals surface area contributed by atoms with Gasteiger partial charge in [-0.15, -0.1) is 0 Å². The summed E-state index contributed by atoms with van der Waals surface area (Å²) in [5.74, 6) is 0. The molecule has 1 fully saturated rings. The Morgan fingerprint density at radius 1 is 1.25 bits per heavy atom. The maximum atomic E-state index is 14.2. The van der Waals surface area contributed by atoms with Gasteiger partial charge in [-0.1, -0.05) is 12.2 Å². The predicted molar refractivity (Wildman–Crippen MR) is 92.9 cm³/mol. The van der Waals surface area contributed by atoms with Crippen LogP contribution in [0.15, 0.2) is 18.3 Å². The molecule has 18 heteroatoms. The van der Waals surface area contributed by atoms with E-state index in [1.165, 1.54) is 22.9 Å². The van der Waals surface area contributed by atoms with Crippen LogP contribution in [0.3, 0.4) is 0 Å². The number of ether oxygens (including phenoxy) is 1. The minimum atomic E-state index is -5.63. The summed E-state index contributed by atoms with van der Waals surface area (Å²) in [6.45, 7) is -0.747. The van der Waals surface area contributed by atoms with E-state index in [1.54, 1.807) is 0 Å². The average molecular weight is 484 g/mol. The standard InChI is InChI=1S/C10H16FN2O11P3S/c11-8-4-7(22-10(8)13-2-1-6(12)3-9(13)28)5-21-26(17,18)24-27(19,20)23-25(14,15)16/h1-3,7-8,10H,4-5,12H2,(H,17,18)(H,19,20)(H2,14,15,16)/t7-,8?,10+/m0/s1. The number of halogens is 1. The van der Waals surface area contributed by atoms with Gasteiger partial charge in [-0.3, -0.25) is 4.52 Å². The number of hydrogen-bond donors (Lipinski definition) is 5. The Labute approximate surface area is 162 Å². The van der Waals surface area contributed by atoms with E-state index in [9.17, 15) is 23.0 Å². The summed E-state index contributed by atoms with van der Waals surface area (Å²) in [6, 6.07) is 2.87. The zero-order valence-corrected chi connectivity index (χ0v) is 17.2. The van der Waals surface area contributed by atoms with Crippen molar-refractivity contribution in [3.63, 3.8) is 0 Å². The van der Waals surface area contributed by atoms with Crippen molar-refractivity contribution in [3.05, 3.63) is 23.0 Å². The van der Waals surface area contributed by atoms with E-state index in [4.69, 9.17) is 37.4 Å². The van der Waals surface area contributed by atoms with Gasteiger partial charge in [0.25, 0.3) is 0 Å². The van der Waals surface area contributed by atoms with Crippen LogP contribution >= 0.6 is 35.7 Å². The van der Waals surface area contributed by atoms with Crippen molar-refractivity contribution in [1.29, 1.82) is 0 Å². The van der Waals surface area contributed by atoms with Crippen LogP contribution in [-0.4, -0.2) is 43.0 Å². The molecule has 1 aliphatic rings. The van der Waals surface area contributed by atoms with Gasteiger partial charge in [-0.25, -0.2) is 18.1 Å².